The lowest BCUT2D eigenvalue weighted by atomic mass is 9.87. The molecule has 0 radical (unpaired) electrons. The van der Waals surface area contributed by atoms with Crippen LogP contribution in [-0.4, -0.2) is 157 Å². The quantitative estimate of drug-likeness (QED) is 0.0150. The SMILES string of the molecule is CC(=O)OCc1nc(-c2cnn(C)c2CO)ccc1O[C@H]1CCC[C@H](C(=O)OC(C)C)C1.CC(=O)OCc1nc(-c2cnn(C)c2COC(=O)N(C)C2CCC2)ccc1O[C@@H]1CCC[C@@H](C(=O)OC(C)C)C1.CC(=O)OCc1nc(-c2cnn(C)c2COC(=O)Oc2ccc([N+](=O)[O-])cc2)ccc1O[C@H]1CCC[C@H](C(=O)OC(C)C)C1. The van der Waals surface area contributed by atoms with E-state index >= 15 is 0 Å². The van der Waals surface area contributed by atoms with Gasteiger partial charge in [0, 0.05) is 83.8 Å². The highest BCUT2D eigenvalue weighted by Crippen LogP contribution is 2.38. The van der Waals surface area contributed by atoms with Gasteiger partial charge < -0.3 is 66.8 Å². The number of hydrogen-bond acceptors (Lipinski definition) is 29. The summed E-state index contributed by atoms with van der Waals surface area (Å²) in [6.45, 7) is 14.4. The number of benzene rings is 1. The number of aromatic nitrogens is 9. The highest BCUT2D eigenvalue weighted by Gasteiger charge is 2.35. The monoisotopic (exact) mass is 1610 g/mol. The predicted octanol–water partition coefficient (Wildman–Crippen LogP) is 12.5. The first-order valence-electron chi connectivity index (χ1n) is 39.0. The third kappa shape index (κ3) is 25.5. The highest BCUT2D eigenvalue weighted by molar-refractivity contribution is 5.75. The highest BCUT2D eigenvalue weighted by atomic mass is 16.7. The smallest absolute Gasteiger partial charge is 0.488 e. The van der Waals surface area contributed by atoms with Crippen LogP contribution >= 0.6 is 0 Å². The molecule has 6 atom stereocenters. The number of nitro benzene ring substituents is 1. The van der Waals surface area contributed by atoms with E-state index < -0.39 is 29.0 Å². The molecular formula is C82H105N11O23. The number of carbonyl (C=O) groups is 8. The molecule has 0 bridgehead atoms. The van der Waals surface area contributed by atoms with Gasteiger partial charge in [0.15, 0.2) is 0 Å². The second kappa shape index (κ2) is 42.2. The van der Waals surface area contributed by atoms with Gasteiger partial charge in [-0.25, -0.2) is 24.5 Å². The third-order valence-corrected chi connectivity index (χ3v) is 19.8. The van der Waals surface area contributed by atoms with Crippen molar-refractivity contribution >= 4 is 53.8 Å². The second-order valence-corrected chi connectivity index (χ2v) is 29.7. The van der Waals surface area contributed by atoms with Gasteiger partial charge in [-0.1, -0.05) is 0 Å². The summed E-state index contributed by atoms with van der Waals surface area (Å²) in [5, 5.41) is 33.3. The molecule has 6 aromatic heterocycles. The van der Waals surface area contributed by atoms with E-state index in [1.807, 2.05) is 47.6 Å². The largest absolute Gasteiger partial charge is 0.514 e. The van der Waals surface area contributed by atoms with E-state index in [1.54, 1.807) is 91.4 Å². The number of non-ortho nitro benzene ring substituents is 1. The maximum absolute atomic E-state index is 12.6. The average Bonchev–Trinajstić information content (AvgIpc) is 1.59. The Bertz CT molecular complexity index is 4550. The lowest BCUT2D eigenvalue weighted by Crippen LogP contribution is -2.41. The first-order chi connectivity index (χ1) is 55.4. The Labute approximate surface area is 672 Å². The molecular weight excluding hydrogens is 1510 g/mol. The van der Waals surface area contributed by atoms with Gasteiger partial charge in [0.2, 0.25) is 0 Å². The van der Waals surface area contributed by atoms with Crippen LogP contribution in [0.5, 0.6) is 23.0 Å². The summed E-state index contributed by atoms with van der Waals surface area (Å²) in [7, 11) is 6.96. The summed E-state index contributed by atoms with van der Waals surface area (Å²) in [5.41, 5.74) is 6.58. The van der Waals surface area contributed by atoms with Crippen molar-refractivity contribution in [2.24, 2.45) is 38.9 Å². The fraction of sp³-hybridized carbons (Fsp3) is 0.537. The van der Waals surface area contributed by atoms with E-state index in [4.69, 9.17) is 66.8 Å². The van der Waals surface area contributed by atoms with E-state index in [2.05, 4.69) is 20.3 Å². The summed E-state index contributed by atoms with van der Waals surface area (Å²) < 4.78 is 71.5. The summed E-state index contributed by atoms with van der Waals surface area (Å²) in [4.78, 5) is 123. The van der Waals surface area contributed by atoms with E-state index in [0.717, 1.165) is 77.0 Å². The number of esters is 6. The fourth-order valence-corrected chi connectivity index (χ4v) is 13.6. The first kappa shape index (κ1) is 88.4. The van der Waals surface area contributed by atoms with Crippen molar-refractivity contribution in [2.45, 2.75) is 241 Å². The van der Waals surface area contributed by atoms with Crippen molar-refractivity contribution in [3.05, 3.63) is 124 Å². The number of carbonyl (C=O) groups excluding carboxylic acids is 8. The van der Waals surface area contributed by atoms with Crippen molar-refractivity contribution in [1.82, 2.24) is 49.2 Å². The molecule has 626 valence electrons. The molecule has 11 rings (SSSR count). The molecule has 116 heavy (non-hydrogen) atoms. The topological polar surface area (TPSA) is 406 Å². The summed E-state index contributed by atoms with van der Waals surface area (Å²) in [6.07, 6.45) is 14.3. The summed E-state index contributed by atoms with van der Waals surface area (Å²) >= 11 is 0. The average molecular weight is 1610 g/mol. The standard InChI is InChI=1S/C30H34N4O10.C29H40N4O7.C23H31N3O6/c1-18(2)42-29(36)20-6-5-7-23(14-20)43-28-13-12-25(32-26(28)16-40-19(3)35)24-15-31-33(4)27(24)17-41-30(37)44-22-10-8-21(9-11-22)34(38)39;1-18(2)39-28(35)20-8-6-11-22(14-20)40-27-13-12-24(31-25(27)16-37-19(3)34)23-15-30-33(5)26(23)17-38-29(36)32(4)21-9-7-10-21;1-14(2)31-23(29)16-6-5-7-17(10-16)32-22-9-8-19(25-20(22)13-30-15(3)28)18-11-24-26(4)21(18)12-27/h8-13,15,18,20,23H,5-7,14,16-17H2,1-4H3;12-13,15,18,20-22H,6-11,14,16-17H2,1-5H3;8-9,11,14,16-17,27H,5-7,10,12-13H2,1-4H3/t20-,23-;20-,22-;16-,17-/m010/s1. The number of ether oxygens (including phenoxy) is 12. The molecule has 1 amide bonds. The second-order valence-electron chi connectivity index (χ2n) is 29.7. The zero-order chi connectivity index (χ0) is 83.9. The number of amides is 1. The van der Waals surface area contributed by atoms with Gasteiger partial charge in [-0.3, -0.25) is 52.9 Å². The molecule has 4 fully saturated rings. The maximum atomic E-state index is 12.6. The molecule has 6 heterocycles. The number of nitrogens with zero attached hydrogens (tertiary/aromatic N) is 11. The third-order valence-electron chi connectivity index (χ3n) is 19.8. The lowest BCUT2D eigenvalue weighted by molar-refractivity contribution is -0.384. The van der Waals surface area contributed by atoms with Gasteiger partial charge in [0.1, 0.15) is 73.1 Å². The lowest BCUT2D eigenvalue weighted by Gasteiger charge is -2.33. The molecule has 0 saturated heterocycles. The van der Waals surface area contributed by atoms with E-state index in [-0.39, 0.29) is 135 Å². The van der Waals surface area contributed by atoms with E-state index in [0.29, 0.717) is 104 Å². The van der Waals surface area contributed by atoms with Crippen molar-refractivity contribution in [1.29, 1.82) is 0 Å². The van der Waals surface area contributed by atoms with Gasteiger partial charge in [-0.2, -0.15) is 15.3 Å². The number of aryl methyl sites for hydroxylation is 3. The van der Waals surface area contributed by atoms with E-state index in [1.165, 1.54) is 49.7 Å². The molecule has 4 aliphatic carbocycles. The van der Waals surface area contributed by atoms with E-state index in [9.17, 15) is 53.6 Å². The molecule has 0 aliphatic heterocycles. The molecule has 34 heteroatoms. The Morgan fingerprint density at radius 3 is 1.15 bits per heavy atom. The first-order valence-corrected chi connectivity index (χ1v) is 39.0. The Morgan fingerprint density at radius 2 is 0.819 bits per heavy atom. The molecule has 4 aliphatic rings. The Kier molecular flexibility index (Phi) is 32.1. The minimum Gasteiger partial charge on any atom is -0.488 e. The summed E-state index contributed by atoms with van der Waals surface area (Å²) in [5.74, 6) is -1.11. The zero-order valence-electron chi connectivity index (χ0n) is 68.0. The van der Waals surface area contributed by atoms with Crippen molar-refractivity contribution in [2.75, 3.05) is 7.05 Å². The predicted molar refractivity (Wildman–Crippen MR) is 414 cm³/mol. The minimum atomic E-state index is -1.01. The van der Waals surface area contributed by atoms with Crippen LogP contribution in [0.4, 0.5) is 15.3 Å². The fourth-order valence-electron chi connectivity index (χ4n) is 13.6. The van der Waals surface area contributed by atoms with Gasteiger partial charge in [0.25, 0.3) is 5.69 Å². The zero-order valence-corrected chi connectivity index (χ0v) is 68.0. The van der Waals surface area contributed by atoms with Crippen LogP contribution in [-0.2, 0) is 127 Å². The molecule has 0 spiro atoms. The number of aliphatic hydroxyl groups is 1. The molecule has 7 aromatic rings. The molecule has 34 nitrogen and oxygen atoms in total. The normalized spacial score (nSPS) is 17.8. The van der Waals surface area contributed by atoms with Crippen molar-refractivity contribution in [3.63, 3.8) is 0 Å². The molecule has 4 saturated carbocycles. The number of rotatable bonds is 29. The number of nitro groups is 1. The molecule has 1 aromatic carbocycles. The Morgan fingerprint density at radius 1 is 0.474 bits per heavy atom. The van der Waals surface area contributed by atoms with Crippen LogP contribution < -0.4 is 18.9 Å². The number of hydrogen-bond donors (Lipinski definition) is 1. The van der Waals surface area contributed by atoms with Crippen LogP contribution in [0.25, 0.3) is 33.8 Å². The van der Waals surface area contributed by atoms with Crippen LogP contribution in [0.15, 0.2) is 79.3 Å². The maximum Gasteiger partial charge on any atom is 0.514 e. The Hall–Kier alpha value is -11.6. The molecule has 1 N–H and O–H groups in total. The van der Waals surface area contributed by atoms with Crippen LogP contribution in [0.3, 0.4) is 0 Å². The summed E-state index contributed by atoms with van der Waals surface area (Å²) in [6, 6.07) is 15.8. The van der Waals surface area contributed by atoms with Crippen LogP contribution in [0.2, 0.25) is 0 Å². The minimum absolute atomic E-state index is 0.0386. The van der Waals surface area contributed by atoms with Crippen molar-refractivity contribution < 1.29 is 105 Å². The van der Waals surface area contributed by atoms with Gasteiger partial charge in [-0.15, -0.1) is 0 Å². The van der Waals surface area contributed by atoms with Gasteiger partial charge in [-0.05, 0) is 186 Å². The molecule has 0 unspecified atom stereocenters. The number of pyridine rings is 3. The van der Waals surface area contributed by atoms with Crippen LogP contribution in [0, 0.1) is 27.9 Å². The van der Waals surface area contributed by atoms with Crippen molar-refractivity contribution in [3.8, 4) is 56.8 Å². The van der Waals surface area contributed by atoms with Crippen LogP contribution in [0.1, 0.15) is 193 Å². The number of aliphatic hydroxyl groups excluding tert-OH is 1. The Balaban J connectivity index is 0.000000201. The van der Waals surface area contributed by atoms with Gasteiger partial charge in [0.05, 0.1) is 119 Å². The van der Waals surface area contributed by atoms with Gasteiger partial charge >= 0.3 is 48.1 Å².